The zero-order valence-electron chi connectivity index (χ0n) is 10.6. The maximum absolute atomic E-state index is 12.1. The van der Waals surface area contributed by atoms with Crippen LogP contribution in [0.4, 0.5) is 0 Å². The summed E-state index contributed by atoms with van der Waals surface area (Å²) in [5.41, 5.74) is -1.46. The smallest absolute Gasteiger partial charge is 0.326 e. The average molecular weight is 314 g/mol. The van der Waals surface area contributed by atoms with Crippen molar-refractivity contribution in [3.8, 4) is 6.07 Å². The summed E-state index contributed by atoms with van der Waals surface area (Å²) in [7, 11) is -3.65. The molecule has 1 aromatic carbocycles. The van der Waals surface area contributed by atoms with Gasteiger partial charge >= 0.3 is 5.97 Å². The summed E-state index contributed by atoms with van der Waals surface area (Å²) in [6, 6.07) is 8.00. The van der Waals surface area contributed by atoms with E-state index in [1.807, 2.05) is 0 Å². The number of carbonyl (C=O) groups is 1. The van der Waals surface area contributed by atoms with Gasteiger partial charge in [0.1, 0.15) is 5.25 Å². The molecule has 0 saturated heterocycles. The van der Waals surface area contributed by atoms with Gasteiger partial charge in [0.15, 0.2) is 15.3 Å². The highest BCUT2D eigenvalue weighted by atomic mass is 35.5. The number of nitriles is 1. The van der Waals surface area contributed by atoms with Gasteiger partial charge in [-0.1, -0.05) is 30.7 Å². The maximum atomic E-state index is 12.1. The molecule has 0 unspecified atom stereocenters. The van der Waals surface area contributed by atoms with Gasteiger partial charge in [0, 0.05) is 16.7 Å². The van der Waals surface area contributed by atoms with Gasteiger partial charge in [-0.25, -0.2) is 8.42 Å². The first kappa shape index (κ1) is 14.8. The summed E-state index contributed by atoms with van der Waals surface area (Å²) in [6.45, 7) is 1.44. The lowest BCUT2D eigenvalue weighted by Crippen LogP contribution is -2.23. The number of sulfone groups is 1. The van der Waals surface area contributed by atoms with Crippen LogP contribution in [0.3, 0.4) is 0 Å². The highest BCUT2D eigenvalue weighted by molar-refractivity contribution is 7.92. The van der Waals surface area contributed by atoms with Gasteiger partial charge in [-0.05, 0) is 17.7 Å². The van der Waals surface area contributed by atoms with Gasteiger partial charge in [-0.15, -0.1) is 0 Å². The fourth-order valence-corrected chi connectivity index (χ4v) is 4.73. The van der Waals surface area contributed by atoms with Crippen molar-refractivity contribution in [2.75, 3.05) is 5.75 Å². The SMILES string of the molecule is CCS(=O)(=O)[C@H]1[C@H](c2cccc(Cl)c2)[C@@]1(C#N)C(=O)O. The number of halogens is 1. The van der Waals surface area contributed by atoms with E-state index in [1.165, 1.54) is 13.0 Å². The Morgan fingerprint density at radius 2 is 2.20 bits per heavy atom. The molecular weight excluding hydrogens is 302 g/mol. The van der Waals surface area contributed by atoms with Crippen LogP contribution in [0.5, 0.6) is 0 Å². The Morgan fingerprint density at radius 1 is 1.55 bits per heavy atom. The highest BCUT2D eigenvalue weighted by Crippen LogP contribution is 2.63. The quantitative estimate of drug-likeness (QED) is 0.915. The second-order valence-electron chi connectivity index (χ2n) is 4.69. The Bertz CT molecular complexity index is 709. The molecule has 20 heavy (non-hydrogen) atoms. The molecule has 1 aliphatic rings. The van der Waals surface area contributed by atoms with Crippen molar-refractivity contribution < 1.29 is 18.3 Å². The molecule has 0 radical (unpaired) electrons. The van der Waals surface area contributed by atoms with Gasteiger partial charge < -0.3 is 5.11 Å². The third-order valence-electron chi connectivity index (χ3n) is 3.67. The van der Waals surface area contributed by atoms with Crippen molar-refractivity contribution in [3.05, 3.63) is 34.9 Å². The Morgan fingerprint density at radius 3 is 2.65 bits per heavy atom. The largest absolute Gasteiger partial charge is 0.480 e. The Hall–Kier alpha value is -1.58. The van der Waals surface area contributed by atoms with Crippen molar-refractivity contribution in [2.45, 2.75) is 18.1 Å². The van der Waals surface area contributed by atoms with Gasteiger partial charge in [0.05, 0.1) is 6.07 Å². The zero-order valence-corrected chi connectivity index (χ0v) is 12.1. The van der Waals surface area contributed by atoms with Crippen LogP contribution >= 0.6 is 11.6 Å². The lowest BCUT2D eigenvalue weighted by molar-refractivity contribution is -0.141. The first-order valence-corrected chi connectivity index (χ1v) is 8.02. The van der Waals surface area contributed by atoms with E-state index in [1.54, 1.807) is 24.3 Å². The average Bonchev–Trinajstić information content (AvgIpc) is 3.10. The minimum atomic E-state index is -3.65. The first-order valence-electron chi connectivity index (χ1n) is 5.93. The zero-order chi connectivity index (χ0) is 15.1. The molecule has 0 bridgehead atoms. The van der Waals surface area contributed by atoms with Crippen molar-refractivity contribution in [1.29, 1.82) is 5.26 Å². The van der Waals surface area contributed by atoms with E-state index in [4.69, 9.17) is 11.6 Å². The molecule has 1 fully saturated rings. The molecule has 3 atom stereocenters. The van der Waals surface area contributed by atoms with Crippen molar-refractivity contribution in [3.63, 3.8) is 0 Å². The number of hydrogen-bond donors (Lipinski definition) is 1. The summed E-state index contributed by atoms with van der Waals surface area (Å²) in [6.07, 6.45) is 0. The predicted molar refractivity (Wildman–Crippen MR) is 73.1 cm³/mol. The second kappa shape index (κ2) is 4.76. The third kappa shape index (κ3) is 1.98. The predicted octanol–water partition coefficient (Wildman–Crippen LogP) is 1.84. The van der Waals surface area contributed by atoms with E-state index in [-0.39, 0.29) is 5.75 Å². The molecule has 0 heterocycles. The van der Waals surface area contributed by atoms with E-state index in [2.05, 4.69) is 0 Å². The van der Waals surface area contributed by atoms with Crippen molar-refractivity contribution in [1.82, 2.24) is 0 Å². The maximum Gasteiger partial charge on any atom is 0.326 e. The minimum absolute atomic E-state index is 0.203. The molecule has 1 N–H and O–H groups in total. The fraction of sp³-hybridized carbons (Fsp3) is 0.385. The Labute approximate surface area is 121 Å². The Kier molecular flexibility index (Phi) is 3.53. The number of carboxylic acid groups (broad SMARTS) is 1. The van der Waals surface area contributed by atoms with Gasteiger partial charge in [0.2, 0.25) is 0 Å². The molecule has 1 saturated carbocycles. The topological polar surface area (TPSA) is 95.2 Å². The minimum Gasteiger partial charge on any atom is -0.480 e. The van der Waals surface area contributed by atoms with Crippen LogP contribution < -0.4 is 0 Å². The first-order chi connectivity index (χ1) is 9.31. The molecular formula is C13H12ClNO4S. The van der Waals surface area contributed by atoms with Crippen LogP contribution in [0.2, 0.25) is 5.02 Å². The third-order valence-corrected chi connectivity index (χ3v) is 6.13. The standard InChI is InChI=1S/C13H12ClNO4S/c1-2-20(18,19)11-10(13(11,7-15)12(16)17)8-4-3-5-9(14)6-8/h3-6,10-11H,2H2,1H3,(H,16,17)/t10-,11-,13+/m0/s1. The van der Waals surface area contributed by atoms with Gasteiger partial charge in [0.25, 0.3) is 0 Å². The van der Waals surface area contributed by atoms with E-state index in [9.17, 15) is 23.6 Å². The highest BCUT2D eigenvalue weighted by Gasteiger charge is 2.76. The molecule has 106 valence electrons. The molecule has 5 nitrogen and oxygen atoms in total. The second-order valence-corrected chi connectivity index (χ2v) is 7.54. The van der Waals surface area contributed by atoms with Crippen molar-refractivity contribution in [2.24, 2.45) is 5.41 Å². The number of hydrogen-bond acceptors (Lipinski definition) is 4. The van der Waals surface area contributed by atoms with Crippen LogP contribution in [0, 0.1) is 16.7 Å². The summed E-state index contributed by atoms with van der Waals surface area (Å²) in [4.78, 5) is 11.4. The van der Waals surface area contributed by atoms with Gasteiger partial charge in [-0.2, -0.15) is 5.26 Å². The molecule has 0 amide bonds. The normalized spacial score (nSPS) is 28.6. The molecule has 0 spiro atoms. The monoisotopic (exact) mass is 313 g/mol. The Balaban J connectivity index is 2.58. The summed E-state index contributed by atoms with van der Waals surface area (Å²) < 4.78 is 24.1. The number of rotatable bonds is 4. The number of carboxylic acids is 1. The van der Waals surface area contributed by atoms with Gasteiger partial charge in [-0.3, -0.25) is 4.79 Å². The van der Waals surface area contributed by atoms with E-state index in [0.29, 0.717) is 10.6 Å². The van der Waals surface area contributed by atoms with E-state index < -0.39 is 32.4 Å². The molecule has 0 aliphatic heterocycles. The van der Waals surface area contributed by atoms with Crippen LogP contribution in [0.1, 0.15) is 18.4 Å². The van der Waals surface area contributed by atoms with E-state index in [0.717, 1.165) is 0 Å². The molecule has 2 rings (SSSR count). The summed E-state index contributed by atoms with van der Waals surface area (Å²) in [5, 5.41) is 17.7. The van der Waals surface area contributed by atoms with E-state index >= 15 is 0 Å². The summed E-state index contributed by atoms with van der Waals surface area (Å²) in [5.74, 6) is -2.49. The van der Waals surface area contributed by atoms with Crippen LogP contribution in [-0.2, 0) is 14.6 Å². The molecule has 1 aromatic rings. The van der Waals surface area contributed by atoms with Crippen molar-refractivity contribution >= 4 is 27.4 Å². The summed E-state index contributed by atoms with van der Waals surface area (Å²) >= 11 is 5.85. The molecule has 1 aliphatic carbocycles. The number of benzene rings is 1. The lowest BCUT2D eigenvalue weighted by Gasteiger charge is -2.02. The van der Waals surface area contributed by atoms with Crippen LogP contribution in [-0.4, -0.2) is 30.5 Å². The number of nitrogens with zero attached hydrogens (tertiary/aromatic N) is 1. The van der Waals surface area contributed by atoms with Crippen LogP contribution in [0.15, 0.2) is 24.3 Å². The lowest BCUT2D eigenvalue weighted by atomic mass is 10.0. The van der Waals surface area contributed by atoms with Crippen LogP contribution in [0.25, 0.3) is 0 Å². The fourth-order valence-electron chi connectivity index (χ4n) is 2.60. The molecule has 0 aromatic heterocycles. The molecule has 7 heteroatoms. The number of aliphatic carboxylic acids is 1.